The van der Waals surface area contributed by atoms with E-state index in [4.69, 9.17) is 15.8 Å². The van der Waals surface area contributed by atoms with Crippen molar-refractivity contribution < 1.29 is 12.6 Å². The van der Waals surface area contributed by atoms with E-state index in [-0.39, 0.29) is 10.6 Å². The first-order chi connectivity index (χ1) is 8.49. The number of aromatic nitrogens is 1. The Balaban J connectivity index is 2.31. The topological polar surface area (TPSA) is 56.3 Å². The number of hydrogen-bond donors (Lipinski definition) is 0. The van der Waals surface area contributed by atoms with E-state index in [2.05, 4.69) is 4.98 Å². The summed E-state index contributed by atoms with van der Waals surface area (Å²) in [6.45, 7) is 1.77. The average molecular weight is 284 g/mol. The summed E-state index contributed by atoms with van der Waals surface area (Å²) in [5.41, 5.74) is 0.746. The van der Waals surface area contributed by atoms with Gasteiger partial charge in [-0.15, -0.1) is 0 Å². The lowest BCUT2D eigenvalue weighted by Crippen LogP contribution is -2.09. The Bertz CT molecular complexity index is 656. The molecule has 0 bridgehead atoms. The molecule has 0 fully saturated rings. The van der Waals surface area contributed by atoms with Crippen molar-refractivity contribution in [2.75, 3.05) is 0 Å². The van der Waals surface area contributed by atoms with Crippen LogP contribution in [-0.2, 0) is 10.1 Å². The summed E-state index contributed by atoms with van der Waals surface area (Å²) in [5, 5.41) is 0.557. The minimum Gasteiger partial charge on any atom is -0.379 e. The predicted octanol–water partition coefficient (Wildman–Crippen LogP) is 2.81. The summed E-state index contributed by atoms with van der Waals surface area (Å²) >= 11 is 5.85. The van der Waals surface area contributed by atoms with E-state index < -0.39 is 10.1 Å². The molecule has 18 heavy (non-hydrogen) atoms. The van der Waals surface area contributed by atoms with Gasteiger partial charge in [-0.05, 0) is 42.8 Å². The van der Waals surface area contributed by atoms with E-state index in [9.17, 15) is 8.42 Å². The standard InChI is InChI=1S/C12H10ClNO3S/c1-9-7-10(4-5-12(9)13)17-18(15,16)11-3-2-6-14-8-11/h2-8H,1H3. The van der Waals surface area contributed by atoms with Crippen LogP contribution in [0.2, 0.25) is 5.02 Å². The van der Waals surface area contributed by atoms with Gasteiger partial charge >= 0.3 is 10.1 Å². The first-order valence-electron chi connectivity index (χ1n) is 5.10. The third-order valence-corrected chi connectivity index (χ3v) is 3.91. The van der Waals surface area contributed by atoms with Gasteiger partial charge in [0.05, 0.1) is 0 Å². The van der Waals surface area contributed by atoms with E-state index in [0.717, 1.165) is 5.56 Å². The Labute approximate surface area is 110 Å². The van der Waals surface area contributed by atoms with Crippen LogP contribution < -0.4 is 4.18 Å². The van der Waals surface area contributed by atoms with E-state index in [1.807, 2.05) is 0 Å². The molecule has 0 atom stereocenters. The van der Waals surface area contributed by atoms with Crippen LogP contribution in [-0.4, -0.2) is 13.4 Å². The summed E-state index contributed by atoms with van der Waals surface area (Å²) in [6.07, 6.45) is 2.73. The monoisotopic (exact) mass is 283 g/mol. The molecule has 1 aromatic heterocycles. The number of rotatable bonds is 3. The highest BCUT2D eigenvalue weighted by Crippen LogP contribution is 2.23. The van der Waals surface area contributed by atoms with Crippen molar-refractivity contribution in [1.82, 2.24) is 4.98 Å². The molecule has 0 radical (unpaired) electrons. The molecule has 4 nitrogen and oxygen atoms in total. The smallest absolute Gasteiger partial charge is 0.340 e. The van der Waals surface area contributed by atoms with Gasteiger partial charge in [0, 0.05) is 17.4 Å². The van der Waals surface area contributed by atoms with Crippen molar-refractivity contribution >= 4 is 21.7 Å². The minimum absolute atomic E-state index is 0.0117. The SMILES string of the molecule is Cc1cc(OS(=O)(=O)c2cccnc2)ccc1Cl. The van der Waals surface area contributed by atoms with Crippen LogP contribution in [0.1, 0.15) is 5.56 Å². The maximum absolute atomic E-state index is 11.9. The maximum atomic E-state index is 11.9. The molecule has 0 aliphatic heterocycles. The molecule has 1 heterocycles. The average Bonchev–Trinajstić information content (AvgIpc) is 2.35. The fourth-order valence-corrected chi connectivity index (χ4v) is 2.34. The summed E-state index contributed by atoms with van der Waals surface area (Å²) < 4.78 is 28.8. The van der Waals surface area contributed by atoms with Crippen LogP contribution in [0.5, 0.6) is 5.75 Å². The van der Waals surface area contributed by atoms with Gasteiger partial charge in [-0.1, -0.05) is 11.6 Å². The van der Waals surface area contributed by atoms with Crippen LogP contribution in [0.3, 0.4) is 0 Å². The fourth-order valence-electron chi connectivity index (χ4n) is 1.34. The van der Waals surface area contributed by atoms with E-state index >= 15 is 0 Å². The van der Waals surface area contributed by atoms with Gasteiger partial charge < -0.3 is 4.18 Å². The normalized spacial score (nSPS) is 11.2. The molecular formula is C12H10ClNO3S. The highest BCUT2D eigenvalue weighted by atomic mass is 35.5. The summed E-state index contributed by atoms with van der Waals surface area (Å²) in [5.74, 6) is 0.223. The third kappa shape index (κ3) is 2.80. The molecule has 0 saturated carbocycles. The number of nitrogens with zero attached hydrogens (tertiary/aromatic N) is 1. The van der Waals surface area contributed by atoms with Gasteiger partial charge in [0.1, 0.15) is 10.6 Å². The molecule has 0 aliphatic rings. The van der Waals surface area contributed by atoms with Crippen LogP contribution in [0, 0.1) is 6.92 Å². The van der Waals surface area contributed by atoms with Gasteiger partial charge in [0.2, 0.25) is 0 Å². The second kappa shape index (κ2) is 4.96. The number of aryl methyl sites for hydroxylation is 1. The summed E-state index contributed by atoms with van der Waals surface area (Å²) in [7, 11) is -3.85. The van der Waals surface area contributed by atoms with Crippen LogP contribution in [0.25, 0.3) is 0 Å². The molecule has 0 amide bonds. The van der Waals surface area contributed by atoms with Crippen LogP contribution in [0.4, 0.5) is 0 Å². The molecule has 1 aromatic carbocycles. The first-order valence-corrected chi connectivity index (χ1v) is 6.88. The Hall–Kier alpha value is -1.59. The van der Waals surface area contributed by atoms with Gasteiger partial charge in [0.25, 0.3) is 0 Å². The number of pyridine rings is 1. The van der Waals surface area contributed by atoms with Crippen molar-refractivity contribution in [2.45, 2.75) is 11.8 Å². The second-order valence-corrected chi connectivity index (χ2v) is 5.59. The van der Waals surface area contributed by atoms with Crippen molar-refractivity contribution in [3.05, 3.63) is 53.3 Å². The molecule has 6 heteroatoms. The zero-order valence-corrected chi connectivity index (χ0v) is 11.1. The highest BCUT2D eigenvalue weighted by Gasteiger charge is 2.16. The molecule has 94 valence electrons. The van der Waals surface area contributed by atoms with E-state index in [0.29, 0.717) is 5.02 Å². The van der Waals surface area contributed by atoms with Gasteiger partial charge in [0.15, 0.2) is 0 Å². The lowest BCUT2D eigenvalue weighted by Gasteiger charge is -2.07. The van der Waals surface area contributed by atoms with Crippen LogP contribution in [0.15, 0.2) is 47.6 Å². The number of halogens is 1. The third-order valence-electron chi connectivity index (χ3n) is 2.26. The molecule has 0 saturated heterocycles. The van der Waals surface area contributed by atoms with Gasteiger partial charge in [-0.25, -0.2) is 0 Å². The van der Waals surface area contributed by atoms with E-state index in [1.165, 1.54) is 30.6 Å². The molecule has 2 aromatic rings. The van der Waals surface area contributed by atoms with E-state index in [1.54, 1.807) is 19.1 Å². The molecule has 2 rings (SSSR count). The summed E-state index contributed by atoms with van der Waals surface area (Å²) in [6, 6.07) is 7.61. The molecule has 0 aliphatic carbocycles. The van der Waals surface area contributed by atoms with Gasteiger partial charge in [-0.3, -0.25) is 4.98 Å². The van der Waals surface area contributed by atoms with Gasteiger partial charge in [-0.2, -0.15) is 8.42 Å². The fraction of sp³-hybridized carbons (Fsp3) is 0.0833. The Kier molecular flexibility index (Phi) is 3.54. The molecule has 0 spiro atoms. The van der Waals surface area contributed by atoms with Crippen LogP contribution >= 0.6 is 11.6 Å². The molecule has 0 N–H and O–H groups in total. The zero-order valence-electron chi connectivity index (χ0n) is 9.50. The van der Waals surface area contributed by atoms with Crippen molar-refractivity contribution in [2.24, 2.45) is 0 Å². The highest BCUT2D eigenvalue weighted by molar-refractivity contribution is 7.87. The Morgan fingerprint density at radius 3 is 2.67 bits per heavy atom. The van der Waals surface area contributed by atoms with Crippen molar-refractivity contribution in [3.8, 4) is 5.75 Å². The quantitative estimate of drug-likeness (QED) is 0.813. The number of benzene rings is 1. The lowest BCUT2D eigenvalue weighted by atomic mass is 10.2. The maximum Gasteiger partial charge on any atom is 0.340 e. The summed E-state index contributed by atoms with van der Waals surface area (Å²) in [4.78, 5) is 3.76. The molecule has 0 unspecified atom stereocenters. The lowest BCUT2D eigenvalue weighted by molar-refractivity contribution is 0.485. The molecular weight excluding hydrogens is 274 g/mol. The largest absolute Gasteiger partial charge is 0.379 e. The Morgan fingerprint density at radius 1 is 1.28 bits per heavy atom. The Morgan fingerprint density at radius 2 is 2.06 bits per heavy atom. The van der Waals surface area contributed by atoms with Crippen molar-refractivity contribution in [3.63, 3.8) is 0 Å². The predicted molar refractivity (Wildman–Crippen MR) is 68.2 cm³/mol. The second-order valence-electron chi connectivity index (χ2n) is 3.64. The first kappa shape index (κ1) is 12.9. The van der Waals surface area contributed by atoms with Crippen molar-refractivity contribution in [1.29, 1.82) is 0 Å². The number of hydrogen-bond acceptors (Lipinski definition) is 4. The zero-order chi connectivity index (χ0) is 13.2. The minimum atomic E-state index is -3.85.